The summed E-state index contributed by atoms with van der Waals surface area (Å²) in [7, 11) is 0. The Hall–Kier alpha value is -0.890. The van der Waals surface area contributed by atoms with Crippen LogP contribution in [0.5, 0.6) is 0 Å². The lowest BCUT2D eigenvalue weighted by Gasteiger charge is -1.82. The summed E-state index contributed by atoms with van der Waals surface area (Å²) in [6, 6.07) is 1.79. The van der Waals surface area contributed by atoms with E-state index in [9.17, 15) is 4.79 Å². The minimum Gasteiger partial charge on any atom is -0.289 e. The van der Waals surface area contributed by atoms with Crippen LogP contribution >= 0.6 is 11.3 Å². The Labute approximate surface area is 57.6 Å². The van der Waals surface area contributed by atoms with E-state index < -0.39 is 0 Å². The van der Waals surface area contributed by atoms with Crippen LogP contribution in [0.15, 0.2) is 29.5 Å². The summed E-state index contributed by atoms with van der Waals surface area (Å²) >= 11 is 1.51. The number of carbonyl (C=O) groups excluding carboxylic acids is 1. The number of hydrogen-bond donors (Lipinski definition) is 0. The number of ketones is 1. The maximum Gasteiger partial charge on any atom is 0.186 e. The Morgan fingerprint density at radius 3 is 3.00 bits per heavy atom. The smallest absolute Gasteiger partial charge is 0.186 e. The van der Waals surface area contributed by atoms with Gasteiger partial charge in [-0.25, -0.2) is 0 Å². The molecule has 0 aliphatic heterocycles. The first-order chi connectivity index (χ1) is 4.34. The second-order valence-corrected chi connectivity index (χ2v) is 2.36. The fourth-order valence-corrected chi connectivity index (χ4v) is 1.17. The highest BCUT2D eigenvalue weighted by Crippen LogP contribution is 2.06. The second kappa shape index (κ2) is 2.60. The molecule has 0 amide bonds. The van der Waals surface area contributed by atoms with Crippen LogP contribution in [0.1, 0.15) is 10.4 Å². The molecule has 0 aliphatic carbocycles. The normalized spacial score (nSPS) is 8.89. The molecule has 0 N–H and O–H groups in total. The van der Waals surface area contributed by atoms with Gasteiger partial charge in [-0.15, -0.1) is 0 Å². The van der Waals surface area contributed by atoms with E-state index in [1.54, 1.807) is 6.07 Å². The third-order valence-electron chi connectivity index (χ3n) is 0.991. The van der Waals surface area contributed by atoms with Gasteiger partial charge < -0.3 is 0 Å². The van der Waals surface area contributed by atoms with Gasteiger partial charge in [0.2, 0.25) is 0 Å². The van der Waals surface area contributed by atoms with E-state index in [0.717, 1.165) is 5.56 Å². The minimum absolute atomic E-state index is 0.00347. The number of thiophene rings is 1. The zero-order valence-electron chi connectivity index (χ0n) is 4.83. The second-order valence-electron chi connectivity index (χ2n) is 1.58. The van der Waals surface area contributed by atoms with Crippen molar-refractivity contribution in [2.45, 2.75) is 0 Å². The molecule has 46 valence electrons. The van der Waals surface area contributed by atoms with E-state index in [0.29, 0.717) is 0 Å². The Bertz CT molecular complexity index is 211. The van der Waals surface area contributed by atoms with Crippen LogP contribution in [-0.4, -0.2) is 5.78 Å². The maximum absolute atomic E-state index is 10.8. The third kappa shape index (κ3) is 1.27. The Balaban J connectivity index is 2.89. The molecule has 0 aliphatic rings. The van der Waals surface area contributed by atoms with E-state index in [-0.39, 0.29) is 5.78 Å². The lowest BCUT2D eigenvalue weighted by molar-refractivity contribution is 0.104. The van der Waals surface area contributed by atoms with Gasteiger partial charge in [-0.05, 0) is 17.5 Å². The molecule has 0 unspecified atom stereocenters. The molecule has 0 radical (unpaired) electrons. The highest BCUT2D eigenvalue weighted by atomic mass is 32.1. The highest BCUT2D eigenvalue weighted by Gasteiger charge is 1.97. The number of rotatable bonds is 2. The van der Waals surface area contributed by atoms with Crippen molar-refractivity contribution < 1.29 is 4.79 Å². The summed E-state index contributed by atoms with van der Waals surface area (Å²) in [6.45, 7) is 3.37. The molecule has 9 heavy (non-hydrogen) atoms. The number of allylic oxidation sites excluding steroid dienone is 1. The predicted molar refractivity (Wildman–Crippen MR) is 38.8 cm³/mol. The van der Waals surface area contributed by atoms with Crippen LogP contribution in [0, 0.1) is 0 Å². The molecule has 0 atom stereocenters. The van der Waals surface area contributed by atoms with Gasteiger partial charge in [-0.3, -0.25) is 4.79 Å². The van der Waals surface area contributed by atoms with Crippen molar-refractivity contribution >= 4 is 17.1 Å². The van der Waals surface area contributed by atoms with Crippen LogP contribution in [0.3, 0.4) is 0 Å². The van der Waals surface area contributed by atoms with Gasteiger partial charge in [0.25, 0.3) is 0 Å². The molecule has 0 fully saturated rings. The van der Waals surface area contributed by atoms with Crippen molar-refractivity contribution in [3.05, 3.63) is 35.0 Å². The molecule has 1 heterocycles. The van der Waals surface area contributed by atoms with Gasteiger partial charge in [0.1, 0.15) is 0 Å². The van der Waals surface area contributed by atoms with Crippen molar-refractivity contribution in [2.75, 3.05) is 0 Å². The molecule has 2 heteroatoms. The fourth-order valence-electron chi connectivity index (χ4n) is 0.523. The van der Waals surface area contributed by atoms with Gasteiger partial charge in [-0.1, -0.05) is 6.58 Å². The average molecular weight is 138 g/mol. The molecule has 0 saturated carbocycles. The minimum atomic E-state index is -0.00347. The van der Waals surface area contributed by atoms with Crippen LogP contribution in [0.2, 0.25) is 0 Å². The first-order valence-corrected chi connectivity index (χ1v) is 3.48. The molecule has 0 saturated heterocycles. The van der Waals surface area contributed by atoms with Crippen LogP contribution in [0.4, 0.5) is 0 Å². The summed E-state index contributed by atoms with van der Waals surface area (Å²) < 4.78 is 0. The Morgan fingerprint density at radius 2 is 2.56 bits per heavy atom. The molecule has 0 bridgehead atoms. The van der Waals surface area contributed by atoms with Crippen molar-refractivity contribution in [1.29, 1.82) is 0 Å². The van der Waals surface area contributed by atoms with Crippen molar-refractivity contribution in [1.82, 2.24) is 0 Å². The zero-order valence-corrected chi connectivity index (χ0v) is 5.65. The molecule has 0 aromatic carbocycles. The summed E-state index contributed by atoms with van der Waals surface area (Å²) in [5.41, 5.74) is 0.731. The monoisotopic (exact) mass is 138 g/mol. The standard InChI is InChI=1S/C7H6OS/c1-2-7(8)6-3-4-9-5-6/h2-5H,1H2. The largest absolute Gasteiger partial charge is 0.289 e. The summed E-state index contributed by atoms with van der Waals surface area (Å²) in [5, 5.41) is 3.68. The summed E-state index contributed by atoms with van der Waals surface area (Å²) in [6.07, 6.45) is 1.32. The van der Waals surface area contributed by atoms with Crippen LogP contribution in [0.25, 0.3) is 0 Å². The summed E-state index contributed by atoms with van der Waals surface area (Å²) in [4.78, 5) is 10.8. The molecule has 1 nitrogen and oxygen atoms in total. The van der Waals surface area contributed by atoms with Gasteiger partial charge in [-0.2, -0.15) is 11.3 Å². The van der Waals surface area contributed by atoms with Crippen molar-refractivity contribution in [2.24, 2.45) is 0 Å². The first kappa shape index (κ1) is 6.23. The van der Waals surface area contributed by atoms with Gasteiger partial charge in [0, 0.05) is 10.9 Å². The Kier molecular flexibility index (Phi) is 1.80. The number of hydrogen-bond acceptors (Lipinski definition) is 2. The van der Waals surface area contributed by atoms with E-state index in [1.807, 2.05) is 10.8 Å². The molecule has 1 aromatic heterocycles. The summed E-state index contributed by atoms with van der Waals surface area (Å²) in [5.74, 6) is -0.00347. The number of carbonyl (C=O) groups is 1. The maximum atomic E-state index is 10.8. The van der Waals surface area contributed by atoms with Crippen LogP contribution < -0.4 is 0 Å². The van der Waals surface area contributed by atoms with Gasteiger partial charge >= 0.3 is 0 Å². The highest BCUT2D eigenvalue weighted by molar-refractivity contribution is 7.08. The third-order valence-corrected chi connectivity index (χ3v) is 1.67. The van der Waals surface area contributed by atoms with Gasteiger partial charge in [0.05, 0.1) is 0 Å². The zero-order chi connectivity index (χ0) is 6.69. The van der Waals surface area contributed by atoms with E-state index in [4.69, 9.17) is 0 Å². The predicted octanol–water partition coefficient (Wildman–Crippen LogP) is 2.12. The molecule has 1 aromatic rings. The Morgan fingerprint density at radius 1 is 1.78 bits per heavy atom. The van der Waals surface area contributed by atoms with Crippen molar-refractivity contribution in [3.63, 3.8) is 0 Å². The van der Waals surface area contributed by atoms with Crippen LogP contribution in [-0.2, 0) is 0 Å². The fraction of sp³-hybridized carbons (Fsp3) is 0. The average Bonchev–Trinajstić information content (AvgIpc) is 2.37. The lowest BCUT2D eigenvalue weighted by atomic mass is 10.2. The molecule has 0 spiro atoms. The first-order valence-electron chi connectivity index (χ1n) is 2.53. The van der Waals surface area contributed by atoms with E-state index >= 15 is 0 Å². The lowest BCUT2D eigenvalue weighted by Crippen LogP contribution is -1.87. The molecular formula is C7H6OS. The van der Waals surface area contributed by atoms with E-state index in [2.05, 4.69) is 6.58 Å². The topological polar surface area (TPSA) is 17.1 Å². The quantitative estimate of drug-likeness (QED) is 0.452. The van der Waals surface area contributed by atoms with Gasteiger partial charge in [0.15, 0.2) is 5.78 Å². The molecular weight excluding hydrogens is 132 g/mol. The van der Waals surface area contributed by atoms with Crippen molar-refractivity contribution in [3.8, 4) is 0 Å². The molecule has 1 rings (SSSR count). The van der Waals surface area contributed by atoms with E-state index in [1.165, 1.54) is 17.4 Å². The SMILES string of the molecule is C=CC(=O)c1ccsc1.